The van der Waals surface area contributed by atoms with E-state index in [1.54, 1.807) is 18.0 Å². The molecule has 2 heterocycles. The number of para-hydroxylation sites is 1. The molecule has 0 bridgehead atoms. The van der Waals surface area contributed by atoms with Crippen molar-refractivity contribution in [2.45, 2.75) is 27.9 Å². The van der Waals surface area contributed by atoms with E-state index < -0.39 is 0 Å². The molecule has 1 amide bonds. The summed E-state index contributed by atoms with van der Waals surface area (Å²) in [5, 5.41) is 15.7. The molecule has 5 rings (SSSR count). The molecule has 0 spiro atoms. The highest BCUT2D eigenvalue weighted by Gasteiger charge is 2.11. The summed E-state index contributed by atoms with van der Waals surface area (Å²) in [4.78, 5) is 12.3. The number of amides is 1. The van der Waals surface area contributed by atoms with E-state index in [1.807, 2.05) is 30.3 Å². The normalized spacial score (nSPS) is 11.6. The molecule has 10 heteroatoms. The minimum absolute atomic E-state index is 0.194. The Kier molecular flexibility index (Phi) is 7.91. The van der Waals surface area contributed by atoms with Crippen LogP contribution in [0, 0.1) is 0 Å². The minimum atomic E-state index is -0.194. The first-order chi connectivity index (χ1) is 17.6. The lowest BCUT2D eigenvalue weighted by Crippen LogP contribution is -2.19. The molecule has 182 valence electrons. The maximum absolute atomic E-state index is 12.3. The zero-order valence-corrected chi connectivity index (χ0v) is 22.6. The molecule has 3 aromatic carbocycles. The van der Waals surface area contributed by atoms with Gasteiger partial charge in [0.1, 0.15) is 0 Å². The SMILES string of the molecule is CCn1c2ccccc2c2cc(/C=N/NC(=O)CSc3nnc(SCc4ccccc4Cl)s3)ccc21. The summed E-state index contributed by atoms with van der Waals surface area (Å²) in [6, 6.07) is 22.4. The molecule has 0 unspecified atom stereocenters. The predicted octanol–water partition coefficient (Wildman–Crippen LogP) is 6.85. The van der Waals surface area contributed by atoms with Crippen molar-refractivity contribution in [3.8, 4) is 0 Å². The molecule has 0 aliphatic carbocycles. The molecule has 0 saturated heterocycles. The Hall–Kier alpha value is -2.85. The summed E-state index contributed by atoms with van der Waals surface area (Å²) in [6.45, 7) is 3.05. The van der Waals surface area contributed by atoms with E-state index in [4.69, 9.17) is 11.6 Å². The number of hydrogen-bond acceptors (Lipinski definition) is 7. The summed E-state index contributed by atoms with van der Waals surface area (Å²) in [5.41, 5.74) is 7.00. The van der Waals surface area contributed by atoms with Gasteiger partial charge in [-0.25, -0.2) is 5.43 Å². The number of fused-ring (bicyclic) bond motifs is 3. The fourth-order valence-corrected chi connectivity index (χ4v) is 7.00. The Bertz CT molecular complexity index is 1560. The molecule has 1 N–H and O–H groups in total. The van der Waals surface area contributed by atoms with Crippen molar-refractivity contribution < 1.29 is 4.79 Å². The number of carbonyl (C=O) groups is 1. The van der Waals surface area contributed by atoms with Gasteiger partial charge >= 0.3 is 0 Å². The van der Waals surface area contributed by atoms with Crippen molar-refractivity contribution in [3.05, 3.63) is 82.9 Å². The largest absolute Gasteiger partial charge is 0.341 e. The molecule has 0 fully saturated rings. The number of aromatic nitrogens is 3. The third-order valence-electron chi connectivity index (χ3n) is 5.54. The van der Waals surface area contributed by atoms with Gasteiger partial charge in [-0.1, -0.05) is 88.9 Å². The summed E-state index contributed by atoms with van der Waals surface area (Å²) >= 11 is 10.6. The van der Waals surface area contributed by atoms with E-state index in [1.165, 1.54) is 44.9 Å². The van der Waals surface area contributed by atoms with Crippen molar-refractivity contribution >= 4 is 80.4 Å². The Morgan fingerprint density at radius 3 is 2.61 bits per heavy atom. The summed E-state index contributed by atoms with van der Waals surface area (Å²) < 4.78 is 3.89. The summed E-state index contributed by atoms with van der Waals surface area (Å²) in [6.07, 6.45) is 1.68. The number of nitrogens with zero attached hydrogens (tertiary/aromatic N) is 4. The standard InChI is InChI=1S/C26H22ClN5OS3/c1-2-32-22-10-6-4-8-19(22)20-13-17(11-12-23(20)32)14-28-29-24(33)16-35-26-31-30-25(36-26)34-15-18-7-3-5-9-21(18)27/h3-14H,2,15-16H2,1H3,(H,29,33)/b28-14+. The molecular weight excluding hydrogens is 530 g/mol. The number of aryl methyl sites for hydroxylation is 1. The first-order valence-electron chi connectivity index (χ1n) is 11.3. The topological polar surface area (TPSA) is 72.2 Å². The molecule has 36 heavy (non-hydrogen) atoms. The molecule has 0 radical (unpaired) electrons. The molecule has 2 aromatic heterocycles. The van der Waals surface area contributed by atoms with Gasteiger partial charge in [0.15, 0.2) is 8.68 Å². The van der Waals surface area contributed by atoms with E-state index in [0.29, 0.717) is 0 Å². The van der Waals surface area contributed by atoms with Gasteiger partial charge in [0.05, 0.1) is 12.0 Å². The number of benzene rings is 3. The van der Waals surface area contributed by atoms with Crippen LogP contribution in [0.25, 0.3) is 21.8 Å². The van der Waals surface area contributed by atoms with E-state index in [-0.39, 0.29) is 11.7 Å². The number of hydrogen-bond donors (Lipinski definition) is 1. The van der Waals surface area contributed by atoms with Gasteiger partial charge in [-0.2, -0.15) is 5.10 Å². The number of thioether (sulfide) groups is 2. The minimum Gasteiger partial charge on any atom is -0.341 e. The van der Waals surface area contributed by atoms with Crippen molar-refractivity contribution in [2.75, 3.05) is 5.75 Å². The van der Waals surface area contributed by atoms with Crippen LogP contribution in [0.5, 0.6) is 0 Å². The van der Waals surface area contributed by atoms with Crippen molar-refractivity contribution in [2.24, 2.45) is 5.10 Å². The Morgan fingerprint density at radius 2 is 1.78 bits per heavy atom. The van der Waals surface area contributed by atoms with Crippen LogP contribution >= 0.6 is 46.5 Å². The maximum atomic E-state index is 12.3. The highest BCUT2D eigenvalue weighted by atomic mass is 35.5. The van der Waals surface area contributed by atoms with Crippen molar-refractivity contribution in [1.82, 2.24) is 20.2 Å². The van der Waals surface area contributed by atoms with Gasteiger partial charge in [0, 0.05) is 39.1 Å². The summed E-state index contributed by atoms with van der Waals surface area (Å²) in [5.74, 6) is 0.740. The molecule has 6 nitrogen and oxygen atoms in total. The third kappa shape index (κ3) is 5.59. The van der Waals surface area contributed by atoms with Crippen LogP contribution in [0.2, 0.25) is 5.02 Å². The second kappa shape index (κ2) is 11.5. The Labute approximate surface area is 226 Å². The number of halogens is 1. The van der Waals surface area contributed by atoms with E-state index >= 15 is 0 Å². The first-order valence-corrected chi connectivity index (χ1v) is 14.4. The number of carbonyl (C=O) groups excluding carboxylic acids is 1. The average Bonchev–Trinajstić information content (AvgIpc) is 3.49. The predicted molar refractivity (Wildman–Crippen MR) is 153 cm³/mol. The lowest BCUT2D eigenvalue weighted by molar-refractivity contribution is -0.118. The lowest BCUT2D eigenvalue weighted by atomic mass is 10.1. The molecule has 0 aliphatic rings. The maximum Gasteiger partial charge on any atom is 0.250 e. The van der Waals surface area contributed by atoms with Crippen LogP contribution in [0.4, 0.5) is 0 Å². The van der Waals surface area contributed by atoms with Crippen molar-refractivity contribution in [1.29, 1.82) is 0 Å². The van der Waals surface area contributed by atoms with Gasteiger partial charge in [-0.15, -0.1) is 10.2 Å². The smallest absolute Gasteiger partial charge is 0.250 e. The highest BCUT2D eigenvalue weighted by molar-refractivity contribution is 8.03. The molecule has 5 aromatic rings. The van der Waals surface area contributed by atoms with Crippen LogP contribution < -0.4 is 5.43 Å². The quantitative estimate of drug-likeness (QED) is 0.123. The molecular formula is C26H22ClN5OS3. The van der Waals surface area contributed by atoms with E-state index in [9.17, 15) is 4.79 Å². The van der Waals surface area contributed by atoms with Gasteiger partial charge < -0.3 is 4.57 Å². The average molecular weight is 552 g/mol. The van der Waals surface area contributed by atoms with Gasteiger partial charge in [0.2, 0.25) is 0 Å². The lowest BCUT2D eigenvalue weighted by Gasteiger charge is -2.02. The number of rotatable bonds is 9. The first kappa shape index (κ1) is 24.8. The van der Waals surface area contributed by atoms with Crippen molar-refractivity contribution in [3.63, 3.8) is 0 Å². The van der Waals surface area contributed by atoms with Crippen LogP contribution in [-0.4, -0.2) is 32.6 Å². The molecule has 0 atom stereocenters. The zero-order chi connectivity index (χ0) is 24.9. The van der Waals surface area contributed by atoms with Crippen LogP contribution in [0.1, 0.15) is 18.1 Å². The zero-order valence-electron chi connectivity index (χ0n) is 19.3. The molecule has 0 saturated carbocycles. The third-order valence-corrected chi connectivity index (χ3v) is 9.15. The van der Waals surface area contributed by atoms with Crippen LogP contribution in [0.3, 0.4) is 0 Å². The van der Waals surface area contributed by atoms with Gasteiger partial charge in [0.25, 0.3) is 5.91 Å². The van der Waals surface area contributed by atoms with E-state index in [2.05, 4.69) is 68.6 Å². The summed E-state index contributed by atoms with van der Waals surface area (Å²) in [7, 11) is 0. The fourth-order valence-electron chi connectivity index (χ4n) is 3.90. The highest BCUT2D eigenvalue weighted by Crippen LogP contribution is 2.32. The second-order valence-corrected chi connectivity index (χ2v) is 11.7. The van der Waals surface area contributed by atoms with Crippen LogP contribution in [-0.2, 0) is 17.1 Å². The number of hydrazone groups is 1. The number of nitrogens with one attached hydrogen (secondary N) is 1. The van der Waals surface area contributed by atoms with Crippen LogP contribution in [0.15, 0.2) is 80.5 Å². The van der Waals surface area contributed by atoms with Gasteiger partial charge in [-0.05, 0) is 42.3 Å². The Morgan fingerprint density at radius 1 is 1.03 bits per heavy atom. The van der Waals surface area contributed by atoms with Gasteiger partial charge in [-0.3, -0.25) is 4.79 Å². The molecule has 0 aliphatic heterocycles. The second-order valence-electron chi connectivity index (χ2n) is 7.83. The Balaban J connectivity index is 1.15. The van der Waals surface area contributed by atoms with E-state index in [0.717, 1.165) is 37.1 Å². The monoisotopic (exact) mass is 551 g/mol. The fraction of sp³-hybridized carbons (Fsp3) is 0.154.